The van der Waals surface area contributed by atoms with Crippen molar-refractivity contribution >= 4 is 11.9 Å². The van der Waals surface area contributed by atoms with Gasteiger partial charge in [-0.2, -0.15) is 0 Å². The average Bonchev–Trinajstić information content (AvgIpc) is 3.18. The summed E-state index contributed by atoms with van der Waals surface area (Å²) in [5, 5.41) is 2.82. The summed E-state index contributed by atoms with van der Waals surface area (Å²) < 4.78 is 4.67. The predicted molar refractivity (Wildman–Crippen MR) is 66.7 cm³/mol. The molecule has 1 N–H and O–H groups in total. The molecule has 1 aliphatic rings. The topological polar surface area (TPSA) is 55.4 Å². The molecular weight excluding hydrogens is 230 g/mol. The number of amides is 1. The number of rotatable bonds is 4. The van der Waals surface area contributed by atoms with Gasteiger partial charge in [-0.1, -0.05) is 24.3 Å². The Kier molecular flexibility index (Phi) is 3.36. The number of nitrogens with one attached hydrogen (secondary N) is 1. The lowest BCUT2D eigenvalue weighted by Gasteiger charge is -2.13. The Bertz CT molecular complexity index is 478. The van der Waals surface area contributed by atoms with Crippen molar-refractivity contribution < 1.29 is 14.3 Å². The van der Waals surface area contributed by atoms with E-state index in [1.165, 1.54) is 7.11 Å². The van der Waals surface area contributed by atoms with Crippen LogP contribution in [0.5, 0.6) is 0 Å². The zero-order chi connectivity index (χ0) is 13.2. The van der Waals surface area contributed by atoms with Crippen LogP contribution in [0.1, 0.15) is 24.0 Å². The number of ether oxygens (including phenoxy) is 1. The van der Waals surface area contributed by atoms with Crippen molar-refractivity contribution in [3.05, 3.63) is 35.4 Å². The highest BCUT2D eigenvalue weighted by Crippen LogP contribution is 2.46. The van der Waals surface area contributed by atoms with Crippen molar-refractivity contribution in [2.45, 2.75) is 26.3 Å². The van der Waals surface area contributed by atoms with Crippen LogP contribution in [0.25, 0.3) is 0 Å². The number of esters is 1. The molecule has 4 nitrogen and oxygen atoms in total. The van der Waals surface area contributed by atoms with Gasteiger partial charge in [0.25, 0.3) is 0 Å². The number of hydrogen-bond acceptors (Lipinski definition) is 3. The van der Waals surface area contributed by atoms with Crippen LogP contribution in [-0.2, 0) is 20.9 Å². The molecule has 0 unspecified atom stereocenters. The number of benzene rings is 1. The fourth-order valence-electron chi connectivity index (χ4n) is 2.00. The fourth-order valence-corrected chi connectivity index (χ4v) is 2.00. The van der Waals surface area contributed by atoms with Gasteiger partial charge in [0.2, 0.25) is 5.91 Å². The van der Waals surface area contributed by atoms with Crippen LogP contribution < -0.4 is 5.32 Å². The van der Waals surface area contributed by atoms with Crippen LogP contribution >= 0.6 is 0 Å². The van der Waals surface area contributed by atoms with Crippen LogP contribution in [0.3, 0.4) is 0 Å². The van der Waals surface area contributed by atoms with E-state index in [4.69, 9.17) is 0 Å². The van der Waals surface area contributed by atoms with Gasteiger partial charge in [-0.15, -0.1) is 0 Å². The van der Waals surface area contributed by atoms with Gasteiger partial charge in [-0.3, -0.25) is 9.59 Å². The molecule has 0 bridgehead atoms. The second kappa shape index (κ2) is 4.80. The summed E-state index contributed by atoms with van der Waals surface area (Å²) in [6, 6.07) is 7.85. The van der Waals surface area contributed by atoms with Crippen molar-refractivity contribution in [1.29, 1.82) is 0 Å². The average molecular weight is 247 g/mol. The monoisotopic (exact) mass is 247 g/mol. The number of hydrogen-bond donors (Lipinski definition) is 1. The molecule has 1 fully saturated rings. The molecule has 0 atom stereocenters. The molecule has 1 saturated carbocycles. The van der Waals surface area contributed by atoms with Crippen molar-refractivity contribution in [3.8, 4) is 0 Å². The quantitative estimate of drug-likeness (QED) is 0.649. The predicted octanol–water partition coefficient (Wildman–Crippen LogP) is 1.56. The maximum Gasteiger partial charge on any atom is 0.321 e. The SMILES string of the molecule is COC(=O)C1(C(=O)NCc2ccccc2C)CC1. The molecule has 1 aromatic rings. The van der Waals surface area contributed by atoms with E-state index in [0.717, 1.165) is 11.1 Å². The van der Waals surface area contributed by atoms with Crippen LogP contribution in [0.2, 0.25) is 0 Å². The Balaban J connectivity index is 1.98. The van der Waals surface area contributed by atoms with Crippen LogP contribution in [0, 0.1) is 12.3 Å². The molecule has 1 amide bonds. The summed E-state index contributed by atoms with van der Waals surface area (Å²) in [6.07, 6.45) is 1.17. The molecule has 4 heteroatoms. The van der Waals surface area contributed by atoms with E-state index in [0.29, 0.717) is 19.4 Å². The first-order valence-electron chi connectivity index (χ1n) is 6.01. The number of methoxy groups -OCH3 is 1. The molecule has 1 aliphatic carbocycles. The summed E-state index contributed by atoms with van der Waals surface area (Å²) in [5.74, 6) is -0.651. The first-order valence-corrected chi connectivity index (χ1v) is 6.01. The summed E-state index contributed by atoms with van der Waals surface area (Å²) in [4.78, 5) is 23.5. The molecule has 0 saturated heterocycles. The van der Waals surface area contributed by atoms with Gasteiger partial charge in [0.15, 0.2) is 0 Å². The van der Waals surface area contributed by atoms with Crippen LogP contribution in [0.15, 0.2) is 24.3 Å². The highest BCUT2D eigenvalue weighted by atomic mass is 16.5. The van der Waals surface area contributed by atoms with Crippen molar-refractivity contribution in [3.63, 3.8) is 0 Å². The summed E-state index contributed by atoms with van der Waals surface area (Å²) in [5.41, 5.74) is 1.27. The van der Waals surface area contributed by atoms with Crippen molar-refractivity contribution in [1.82, 2.24) is 5.32 Å². The van der Waals surface area contributed by atoms with Gasteiger partial charge >= 0.3 is 5.97 Å². The van der Waals surface area contributed by atoms with Gasteiger partial charge < -0.3 is 10.1 Å². The molecular formula is C14H17NO3. The summed E-state index contributed by atoms with van der Waals surface area (Å²) >= 11 is 0. The van der Waals surface area contributed by atoms with E-state index >= 15 is 0 Å². The highest BCUT2D eigenvalue weighted by Gasteiger charge is 2.57. The molecule has 0 radical (unpaired) electrons. The number of aryl methyl sites for hydroxylation is 1. The van der Waals surface area contributed by atoms with Gasteiger partial charge in [-0.05, 0) is 30.9 Å². The minimum atomic E-state index is -0.919. The zero-order valence-corrected chi connectivity index (χ0v) is 10.7. The normalized spacial score (nSPS) is 15.9. The van der Waals surface area contributed by atoms with E-state index in [-0.39, 0.29) is 5.91 Å². The standard InChI is InChI=1S/C14H17NO3/c1-10-5-3-4-6-11(10)9-15-12(16)14(7-8-14)13(17)18-2/h3-6H,7-9H2,1-2H3,(H,15,16). The molecule has 0 heterocycles. The van der Waals surface area contributed by atoms with Crippen molar-refractivity contribution in [2.24, 2.45) is 5.41 Å². The zero-order valence-electron chi connectivity index (χ0n) is 10.7. The first-order chi connectivity index (χ1) is 8.60. The van der Waals surface area contributed by atoms with Crippen LogP contribution in [-0.4, -0.2) is 19.0 Å². The van der Waals surface area contributed by atoms with Gasteiger partial charge in [0, 0.05) is 6.54 Å². The third-order valence-corrected chi connectivity index (χ3v) is 3.46. The molecule has 18 heavy (non-hydrogen) atoms. The first kappa shape index (κ1) is 12.6. The Hall–Kier alpha value is -1.84. The molecule has 0 aliphatic heterocycles. The lowest BCUT2D eigenvalue weighted by Crippen LogP contribution is -2.37. The minimum absolute atomic E-state index is 0.224. The summed E-state index contributed by atoms with van der Waals surface area (Å²) in [7, 11) is 1.32. The maximum atomic E-state index is 12.0. The molecule has 2 rings (SSSR count). The molecule has 0 spiro atoms. The van der Waals surface area contributed by atoms with Crippen molar-refractivity contribution in [2.75, 3.05) is 7.11 Å². The number of carbonyl (C=O) groups is 2. The minimum Gasteiger partial charge on any atom is -0.468 e. The van der Waals surface area contributed by atoms with Gasteiger partial charge in [0.05, 0.1) is 7.11 Å². The third kappa shape index (κ3) is 2.23. The van der Waals surface area contributed by atoms with E-state index in [1.54, 1.807) is 0 Å². The highest BCUT2D eigenvalue weighted by molar-refractivity contribution is 6.05. The summed E-state index contributed by atoms with van der Waals surface area (Å²) in [6.45, 7) is 2.44. The largest absolute Gasteiger partial charge is 0.468 e. The smallest absolute Gasteiger partial charge is 0.321 e. The lowest BCUT2D eigenvalue weighted by atomic mass is 10.1. The third-order valence-electron chi connectivity index (χ3n) is 3.46. The molecule has 1 aromatic carbocycles. The Morgan fingerprint density at radius 3 is 2.56 bits per heavy atom. The maximum absolute atomic E-state index is 12.0. The van der Waals surface area contributed by atoms with E-state index in [1.807, 2.05) is 31.2 Å². The van der Waals surface area contributed by atoms with Gasteiger partial charge in [-0.25, -0.2) is 0 Å². The van der Waals surface area contributed by atoms with E-state index in [2.05, 4.69) is 10.1 Å². The fraction of sp³-hybridized carbons (Fsp3) is 0.429. The van der Waals surface area contributed by atoms with E-state index in [9.17, 15) is 9.59 Å². The lowest BCUT2D eigenvalue weighted by molar-refractivity contribution is -0.152. The molecule has 0 aromatic heterocycles. The second-order valence-corrected chi connectivity index (χ2v) is 4.68. The van der Waals surface area contributed by atoms with Gasteiger partial charge in [0.1, 0.15) is 5.41 Å². The number of carbonyl (C=O) groups excluding carboxylic acids is 2. The second-order valence-electron chi connectivity index (χ2n) is 4.68. The molecule has 96 valence electrons. The Morgan fingerprint density at radius 1 is 1.33 bits per heavy atom. The Morgan fingerprint density at radius 2 is 2.00 bits per heavy atom. The Labute approximate surface area is 106 Å². The van der Waals surface area contributed by atoms with Crippen LogP contribution in [0.4, 0.5) is 0 Å². The van der Waals surface area contributed by atoms with E-state index < -0.39 is 11.4 Å².